The van der Waals surface area contributed by atoms with Gasteiger partial charge in [-0.3, -0.25) is 9.79 Å². The van der Waals surface area contributed by atoms with E-state index in [0.29, 0.717) is 11.6 Å². The van der Waals surface area contributed by atoms with Gasteiger partial charge < -0.3 is 4.90 Å². The largest absolute Gasteiger partial charge is 0.340 e. The fraction of sp³-hybridized carbons (Fsp3) is 0.200. The summed E-state index contributed by atoms with van der Waals surface area (Å²) in [7, 11) is 1.80. The molecule has 0 aliphatic carbocycles. The molecule has 1 aliphatic heterocycles. The van der Waals surface area contributed by atoms with Crippen LogP contribution in [0.3, 0.4) is 0 Å². The van der Waals surface area contributed by atoms with Gasteiger partial charge in [0.05, 0.1) is 5.71 Å². The molecule has 0 radical (unpaired) electrons. The second kappa shape index (κ2) is 5.38. The second-order valence-corrected chi connectivity index (χ2v) is 5.94. The van der Waals surface area contributed by atoms with Crippen molar-refractivity contribution in [3.05, 3.63) is 56.7 Å². The average Bonchev–Trinajstić information content (AvgIpc) is 2.94. The Bertz CT molecular complexity index is 679. The van der Waals surface area contributed by atoms with E-state index in [2.05, 4.69) is 4.99 Å². The highest BCUT2D eigenvalue weighted by Gasteiger charge is 2.19. The standard InChI is InChI=1S/C15H13ClN2OS/c1-18-8-10-2-3-12(16)6-13(10)15(17-7-14(18)19)11-4-5-20-9-11/h2-6,9H,7-8H2,1H3. The molecule has 0 atom stereocenters. The van der Waals surface area contributed by atoms with Gasteiger partial charge in [0.25, 0.3) is 0 Å². The maximum absolute atomic E-state index is 12.0. The van der Waals surface area contributed by atoms with Crippen molar-refractivity contribution in [3.63, 3.8) is 0 Å². The van der Waals surface area contributed by atoms with Crippen LogP contribution in [0.4, 0.5) is 0 Å². The van der Waals surface area contributed by atoms with E-state index in [4.69, 9.17) is 11.6 Å². The Morgan fingerprint density at radius 2 is 2.20 bits per heavy atom. The van der Waals surface area contributed by atoms with Crippen molar-refractivity contribution >= 4 is 34.6 Å². The Morgan fingerprint density at radius 3 is 2.95 bits per heavy atom. The summed E-state index contributed by atoms with van der Waals surface area (Å²) >= 11 is 7.75. The number of likely N-dealkylation sites (N-methyl/N-ethyl adjacent to an activating group) is 1. The highest BCUT2D eigenvalue weighted by molar-refractivity contribution is 7.08. The van der Waals surface area contributed by atoms with Crippen molar-refractivity contribution in [1.82, 2.24) is 4.90 Å². The van der Waals surface area contributed by atoms with E-state index in [9.17, 15) is 4.79 Å². The van der Waals surface area contributed by atoms with Gasteiger partial charge in [-0.15, -0.1) is 0 Å². The van der Waals surface area contributed by atoms with Gasteiger partial charge in [0, 0.05) is 35.1 Å². The summed E-state index contributed by atoms with van der Waals surface area (Å²) in [5.41, 5.74) is 3.96. The molecule has 2 heterocycles. The summed E-state index contributed by atoms with van der Waals surface area (Å²) in [5, 5.41) is 4.73. The molecule has 1 aromatic heterocycles. The number of aliphatic imine (C=N–C) groups is 1. The second-order valence-electron chi connectivity index (χ2n) is 4.73. The molecule has 1 aromatic carbocycles. The molecule has 102 valence electrons. The van der Waals surface area contributed by atoms with Gasteiger partial charge in [-0.1, -0.05) is 17.7 Å². The summed E-state index contributed by atoms with van der Waals surface area (Å²) in [5.74, 6) is 0.0262. The zero-order valence-electron chi connectivity index (χ0n) is 11.0. The first-order valence-corrected chi connectivity index (χ1v) is 7.57. The first-order valence-electron chi connectivity index (χ1n) is 6.25. The minimum absolute atomic E-state index is 0.0262. The quantitative estimate of drug-likeness (QED) is 0.796. The zero-order valence-corrected chi connectivity index (χ0v) is 12.5. The number of carbonyl (C=O) groups excluding carboxylic acids is 1. The van der Waals surface area contributed by atoms with Gasteiger partial charge in [0.1, 0.15) is 6.54 Å². The summed E-state index contributed by atoms with van der Waals surface area (Å²) in [6.45, 7) is 0.752. The molecule has 0 fully saturated rings. The van der Waals surface area contributed by atoms with Crippen LogP contribution in [0, 0.1) is 0 Å². The van der Waals surface area contributed by atoms with Crippen molar-refractivity contribution < 1.29 is 4.79 Å². The number of fused-ring (bicyclic) bond motifs is 1. The van der Waals surface area contributed by atoms with Crippen molar-refractivity contribution in [2.75, 3.05) is 13.6 Å². The van der Waals surface area contributed by atoms with Gasteiger partial charge in [0.15, 0.2) is 0 Å². The molecule has 1 aliphatic rings. The monoisotopic (exact) mass is 304 g/mol. The van der Waals surface area contributed by atoms with Crippen LogP contribution in [0.15, 0.2) is 40.0 Å². The fourth-order valence-electron chi connectivity index (χ4n) is 2.25. The molecule has 3 rings (SSSR count). The number of benzene rings is 1. The van der Waals surface area contributed by atoms with Gasteiger partial charge >= 0.3 is 0 Å². The molecule has 0 spiro atoms. The number of amides is 1. The van der Waals surface area contributed by atoms with Crippen molar-refractivity contribution in [1.29, 1.82) is 0 Å². The van der Waals surface area contributed by atoms with Crippen LogP contribution in [0.1, 0.15) is 16.7 Å². The lowest BCUT2D eigenvalue weighted by Gasteiger charge is -2.22. The number of halogens is 1. The molecule has 0 saturated heterocycles. The SMILES string of the molecule is CN1Cc2ccc(Cl)cc2C(c2ccsc2)=NCC1=O. The molecule has 0 N–H and O–H groups in total. The third-order valence-electron chi connectivity index (χ3n) is 3.33. The lowest BCUT2D eigenvalue weighted by Crippen LogP contribution is -2.31. The van der Waals surface area contributed by atoms with E-state index in [1.54, 1.807) is 23.3 Å². The lowest BCUT2D eigenvalue weighted by atomic mass is 9.98. The minimum Gasteiger partial charge on any atom is -0.340 e. The Morgan fingerprint density at radius 1 is 1.35 bits per heavy atom. The Labute approximate surface area is 126 Å². The first-order chi connectivity index (χ1) is 9.65. The molecule has 0 bridgehead atoms. The lowest BCUT2D eigenvalue weighted by molar-refractivity contribution is -0.128. The Kier molecular flexibility index (Phi) is 3.59. The van der Waals surface area contributed by atoms with Crippen LogP contribution in [0.5, 0.6) is 0 Å². The summed E-state index contributed by atoms with van der Waals surface area (Å²) in [6.07, 6.45) is 0. The smallest absolute Gasteiger partial charge is 0.244 e. The highest BCUT2D eigenvalue weighted by Crippen LogP contribution is 2.24. The zero-order chi connectivity index (χ0) is 14.1. The average molecular weight is 305 g/mol. The number of rotatable bonds is 1. The Balaban J connectivity index is 2.18. The molecule has 2 aromatic rings. The van der Waals surface area contributed by atoms with Gasteiger partial charge in [0.2, 0.25) is 5.91 Å². The topological polar surface area (TPSA) is 32.7 Å². The predicted octanol–water partition coefficient (Wildman–Crippen LogP) is 3.21. The number of hydrogen-bond acceptors (Lipinski definition) is 3. The molecule has 3 nitrogen and oxygen atoms in total. The van der Waals surface area contributed by atoms with E-state index in [1.807, 2.05) is 35.0 Å². The van der Waals surface area contributed by atoms with Crippen LogP contribution >= 0.6 is 22.9 Å². The summed E-state index contributed by atoms with van der Waals surface area (Å²) < 4.78 is 0. The number of hydrogen-bond donors (Lipinski definition) is 0. The number of nitrogens with zero attached hydrogens (tertiary/aromatic N) is 2. The van der Waals surface area contributed by atoms with Crippen LogP contribution in [-0.2, 0) is 11.3 Å². The van der Waals surface area contributed by atoms with Crippen molar-refractivity contribution in [2.45, 2.75) is 6.54 Å². The van der Waals surface area contributed by atoms with Crippen LogP contribution in [0.2, 0.25) is 5.02 Å². The third-order valence-corrected chi connectivity index (χ3v) is 4.25. The molecule has 5 heteroatoms. The molecule has 1 amide bonds. The highest BCUT2D eigenvalue weighted by atomic mass is 35.5. The van der Waals surface area contributed by atoms with Gasteiger partial charge in [-0.05, 0) is 29.1 Å². The molecule has 20 heavy (non-hydrogen) atoms. The minimum atomic E-state index is 0.0262. The Hall–Kier alpha value is -1.65. The van der Waals surface area contributed by atoms with Crippen molar-refractivity contribution in [3.8, 4) is 0 Å². The molecule has 0 unspecified atom stereocenters. The van der Waals surface area contributed by atoms with E-state index in [1.165, 1.54) is 0 Å². The van der Waals surface area contributed by atoms with Crippen LogP contribution in [-0.4, -0.2) is 30.1 Å². The maximum atomic E-state index is 12.0. The van der Waals surface area contributed by atoms with Crippen LogP contribution < -0.4 is 0 Å². The van der Waals surface area contributed by atoms with Crippen LogP contribution in [0.25, 0.3) is 0 Å². The van der Waals surface area contributed by atoms with E-state index < -0.39 is 0 Å². The number of carbonyl (C=O) groups is 1. The molecular weight excluding hydrogens is 292 g/mol. The van der Waals surface area contributed by atoms with Gasteiger partial charge in [-0.2, -0.15) is 11.3 Å². The normalized spacial score (nSPS) is 15.4. The van der Waals surface area contributed by atoms with Crippen molar-refractivity contribution in [2.24, 2.45) is 4.99 Å². The van der Waals surface area contributed by atoms with E-state index >= 15 is 0 Å². The fourth-order valence-corrected chi connectivity index (χ4v) is 3.06. The predicted molar refractivity (Wildman–Crippen MR) is 82.8 cm³/mol. The first kappa shape index (κ1) is 13.3. The van der Waals surface area contributed by atoms with E-state index in [-0.39, 0.29) is 12.5 Å². The maximum Gasteiger partial charge on any atom is 0.244 e. The number of thiophene rings is 1. The molecule has 0 saturated carbocycles. The molecular formula is C15H13ClN2OS. The van der Waals surface area contributed by atoms with Gasteiger partial charge in [-0.25, -0.2) is 0 Å². The summed E-state index contributed by atoms with van der Waals surface area (Å²) in [4.78, 5) is 18.2. The van der Waals surface area contributed by atoms with E-state index in [0.717, 1.165) is 22.4 Å². The summed E-state index contributed by atoms with van der Waals surface area (Å²) in [6, 6.07) is 7.77. The third kappa shape index (κ3) is 2.49.